The fourth-order valence-corrected chi connectivity index (χ4v) is 4.78. The van der Waals surface area contributed by atoms with Gasteiger partial charge in [-0.1, -0.05) is 11.6 Å². The fourth-order valence-electron chi connectivity index (χ4n) is 3.50. The minimum Gasteiger partial charge on any atom is -0.481 e. The molecule has 2 heterocycles. The summed E-state index contributed by atoms with van der Waals surface area (Å²) in [6.07, 6.45) is 0.856. The Labute approximate surface area is 176 Å². The average molecular weight is 437 g/mol. The number of piperidine rings is 1. The van der Waals surface area contributed by atoms with Crippen LogP contribution < -0.4 is 4.74 Å². The van der Waals surface area contributed by atoms with Crippen molar-refractivity contribution < 1.29 is 18.3 Å². The van der Waals surface area contributed by atoms with Gasteiger partial charge in [0.1, 0.15) is 5.75 Å². The molecular weight excluding hydrogens is 418 g/mol. The highest BCUT2D eigenvalue weighted by Crippen LogP contribution is 2.35. The molecule has 4 rings (SSSR count). The van der Waals surface area contributed by atoms with Crippen LogP contribution in [-0.4, -0.2) is 35.0 Å². The molecule has 152 valence electrons. The van der Waals surface area contributed by atoms with E-state index >= 15 is 0 Å². The van der Waals surface area contributed by atoms with Crippen molar-refractivity contribution >= 4 is 39.1 Å². The molecule has 29 heavy (non-hydrogen) atoms. The van der Waals surface area contributed by atoms with Crippen molar-refractivity contribution in [3.8, 4) is 5.75 Å². The lowest BCUT2D eigenvalue weighted by molar-refractivity contribution is -0.139. The van der Waals surface area contributed by atoms with E-state index in [-0.39, 0.29) is 11.7 Å². The largest absolute Gasteiger partial charge is 0.481 e. The standard InChI is InChI=1S/C21H19ClF2N2O2S/c1-12(28-15-3-4-16(23)17(24)11-15)21(27)26-8-6-13(7-9-26)20-25-18-10-14(22)2-5-19(18)29-20/h2-5,10-13H,6-9H2,1H3. The second-order valence-electron chi connectivity index (χ2n) is 7.10. The Hall–Kier alpha value is -2.25. The van der Waals surface area contributed by atoms with Crippen LogP contribution in [0.15, 0.2) is 36.4 Å². The third-order valence-electron chi connectivity index (χ3n) is 5.07. The summed E-state index contributed by atoms with van der Waals surface area (Å²) >= 11 is 7.71. The molecule has 0 N–H and O–H groups in total. The van der Waals surface area contributed by atoms with Crippen LogP contribution in [0.4, 0.5) is 8.78 Å². The topological polar surface area (TPSA) is 42.4 Å². The van der Waals surface area contributed by atoms with E-state index in [1.165, 1.54) is 6.07 Å². The van der Waals surface area contributed by atoms with Crippen LogP contribution in [0.3, 0.4) is 0 Å². The van der Waals surface area contributed by atoms with Crippen LogP contribution in [0.1, 0.15) is 30.7 Å². The molecule has 4 nitrogen and oxygen atoms in total. The van der Waals surface area contributed by atoms with E-state index in [2.05, 4.69) is 0 Å². The quantitative estimate of drug-likeness (QED) is 0.549. The zero-order chi connectivity index (χ0) is 20.5. The number of fused-ring (bicyclic) bond motifs is 1. The van der Waals surface area contributed by atoms with Gasteiger partial charge in [0.05, 0.1) is 15.2 Å². The number of benzene rings is 2. The van der Waals surface area contributed by atoms with Crippen molar-refractivity contribution in [2.45, 2.75) is 31.8 Å². The summed E-state index contributed by atoms with van der Waals surface area (Å²) in [5.74, 6) is -1.68. The van der Waals surface area contributed by atoms with Crippen molar-refractivity contribution in [2.24, 2.45) is 0 Å². The fraction of sp³-hybridized carbons (Fsp3) is 0.333. The summed E-state index contributed by atoms with van der Waals surface area (Å²) in [6, 6.07) is 8.96. The number of rotatable bonds is 4. The molecule has 1 unspecified atom stereocenters. The molecule has 1 aliphatic rings. The third kappa shape index (κ3) is 4.36. The van der Waals surface area contributed by atoms with E-state index in [0.717, 1.165) is 40.2 Å². The number of nitrogens with zero attached hydrogens (tertiary/aromatic N) is 2. The SMILES string of the molecule is CC(Oc1ccc(F)c(F)c1)C(=O)N1CCC(c2nc3cc(Cl)ccc3s2)CC1. The Morgan fingerprint density at radius 3 is 2.69 bits per heavy atom. The minimum atomic E-state index is -1.000. The monoisotopic (exact) mass is 436 g/mol. The molecule has 0 saturated carbocycles. The second kappa shape index (κ2) is 8.24. The first kappa shape index (κ1) is 20.0. The second-order valence-corrected chi connectivity index (χ2v) is 8.60. The smallest absolute Gasteiger partial charge is 0.263 e. The number of ether oxygens (including phenoxy) is 1. The summed E-state index contributed by atoms with van der Waals surface area (Å²) in [7, 11) is 0. The zero-order valence-corrected chi connectivity index (χ0v) is 17.3. The van der Waals surface area contributed by atoms with Crippen LogP contribution in [0.25, 0.3) is 10.2 Å². The van der Waals surface area contributed by atoms with Gasteiger partial charge >= 0.3 is 0 Å². The summed E-state index contributed by atoms with van der Waals surface area (Å²) in [5.41, 5.74) is 0.907. The molecule has 1 aliphatic heterocycles. The number of amides is 1. The highest BCUT2D eigenvalue weighted by molar-refractivity contribution is 7.18. The predicted molar refractivity (Wildman–Crippen MR) is 110 cm³/mol. The van der Waals surface area contributed by atoms with Gasteiger partial charge in [0, 0.05) is 30.1 Å². The van der Waals surface area contributed by atoms with Gasteiger partial charge in [-0.15, -0.1) is 11.3 Å². The molecule has 1 atom stereocenters. The van der Waals surface area contributed by atoms with Gasteiger partial charge in [-0.25, -0.2) is 13.8 Å². The highest BCUT2D eigenvalue weighted by atomic mass is 35.5. The van der Waals surface area contributed by atoms with Crippen LogP contribution in [0.2, 0.25) is 5.02 Å². The van der Waals surface area contributed by atoms with E-state index < -0.39 is 17.7 Å². The van der Waals surface area contributed by atoms with E-state index in [1.54, 1.807) is 23.2 Å². The lowest BCUT2D eigenvalue weighted by Crippen LogP contribution is -2.44. The number of likely N-dealkylation sites (tertiary alicyclic amines) is 1. The summed E-state index contributed by atoms with van der Waals surface area (Å²) in [5, 5.41) is 1.74. The van der Waals surface area contributed by atoms with Gasteiger partial charge in [-0.05, 0) is 50.1 Å². The molecule has 1 saturated heterocycles. The number of carbonyl (C=O) groups is 1. The van der Waals surface area contributed by atoms with E-state index in [4.69, 9.17) is 21.3 Å². The minimum absolute atomic E-state index is 0.132. The lowest BCUT2D eigenvalue weighted by atomic mass is 9.97. The Morgan fingerprint density at radius 2 is 1.97 bits per heavy atom. The number of carbonyl (C=O) groups excluding carboxylic acids is 1. The molecule has 0 radical (unpaired) electrons. The van der Waals surface area contributed by atoms with Gasteiger partial charge in [-0.2, -0.15) is 0 Å². The number of thiazole rings is 1. The van der Waals surface area contributed by atoms with Crippen LogP contribution in [0, 0.1) is 11.6 Å². The molecule has 0 spiro atoms. The predicted octanol–water partition coefficient (Wildman–Crippen LogP) is 5.40. The van der Waals surface area contributed by atoms with Crippen molar-refractivity contribution in [3.63, 3.8) is 0 Å². The first-order chi connectivity index (χ1) is 13.9. The van der Waals surface area contributed by atoms with Gasteiger partial charge in [-0.3, -0.25) is 4.79 Å². The summed E-state index contributed by atoms with van der Waals surface area (Å²) < 4.78 is 33.0. The maximum atomic E-state index is 13.3. The molecule has 0 aliphatic carbocycles. The molecule has 1 aromatic heterocycles. The first-order valence-corrected chi connectivity index (χ1v) is 10.6. The van der Waals surface area contributed by atoms with Crippen LogP contribution in [-0.2, 0) is 4.79 Å². The van der Waals surface area contributed by atoms with Crippen molar-refractivity contribution in [3.05, 3.63) is 58.1 Å². The summed E-state index contributed by atoms with van der Waals surface area (Å²) in [6.45, 7) is 2.82. The Kier molecular flexibility index (Phi) is 5.69. The Bertz CT molecular complexity index is 1050. The number of aromatic nitrogens is 1. The third-order valence-corrected chi connectivity index (χ3v) is 6.51. The van der Waals surface area contributed by atoms with E-state index in [1.807, 2.05) is 18.2 Å². The van der Waals surface area contributed by atoms with Crippen LogP contribution in [0.5, 0.6) is 5.75 Å². The normalized spacial score (nSPS) is 16.2. The molecule has 1 amide bonds. The zero-order valence-electron chi connectivity index (χ0n) is 15.7. The van der Waals surface area contributed by atoms with Crippen molar-refractivity contribution in [1.82, 2.24) is 9.88 Å². The molecule has 8 heteroatoms. The highest BCUT2D eigenvalue weighted by Gasteiger charge is 2.29. The van der Waals surface area contributed by atoms with E-state index in [9.17, 15) is 13.6 Å². The lowest BCUT2D eigenvalue weighted by Gasteiger charge is -2.32. The van der Waals surface area contributed by atoms with Crippen molar-refractivity contribution in [2.75, 3.05) is 13.1 Å². The molecule has 3 aromatic rings. The Morgan fingerprint density at radius 1 is 1.21 bits per heavy atom. The Balaban J connectivity index is 1.36. The van der Waals surface area contributed by atoms with Crippen LogP contribution >= 0.6 is 22.9 Å². The molecule has 1 fully saturated rings. The molecular formula is C21H19ClF2N2O2S. The van der Waals surface area contributed by atoms with Gasteiger partial charge < -0.3 is 9.64 Å². The molecule has 2 aromatic carbocycles. The van der Waals surface area contributed by atoms with Crippen molar-refractivity contribution in [1.29, 1.82) is 0 Å². The number of hydrogen-bond donors (Lipinski definition) is 0. The van der Waals surface area contributed by atoms with Gasteiger partial charge in [0.25, 0.3) is 5.91 Å². The van der Waals surface area contributed by atoms with E-state index in [0.29, 0.717) is 24.0 Å². The molecule has 0 bridgehead atoms. The number of halogens is 3. The summed E-state index contributed by atoms with van der Waals surface area (Å²) in [4.78, 5) is 19.1. The average Bonchev–Trinajstić information content (AvgIpc) is 3.13. The number of hydrogen-bond acceptors (Lipinski definition) is 4. The maximum Gasteiger partial charge on any atom is 0.263 e. The first-order valence-electron chi connectivity index (χ1n) is 9.37. The van der Waals surface area contributed by atoms with Gasteiger partial charge in [0.15, 0.2) is 17.7 Å². The van der Waals surface area contributed by atoms with Gasteiger partial charge in [0.2, 0.25) is 0 Å². The maximum absolute atomic E-state index is 13.3.